The van der Waals surface area contributed by atoms with Gasteiger partial charge in [-0.25, -0.2) is 0 Å². The van der Waals surface area contributed by atoms with Crippen molar-refractivity contribution in [2.45, 2.75) is 26.2 Å². The van der Waals surface area contributed by atoms with Crippen molar-refractivity contribution in [3.63, 3.8) is 0 Å². The van der Waals surface area contributed by atoms with Crippen molar-refractivity contribution >= 4 is 11.8 Å². The molecule has 1 unspecified atom stereocenters. The molecule has 0 radical (unpaired) electrons. The molecule has 0 spiro atoms. The van der Waals surface area contributed by atoms with Crippen molar-refractivity contribution in [2.75, 3.05) is 34.4 Å². The molecule has 4 nitrogen and oxygen atoms in total. The number of likely N-dealkylation sites (N-methyl/N-ethyl adjacent to an activating group) is 1. The third-order valence-corrected chi connectivity index (χ3v) is 4.14. The van der Waals surface area contributed by atoms with Crippen LogP contribution < -0.4 is 4.74 Å². The number of rotatable bonds is 6. The summed E-state index contributed by atoms with van der Waals surface area (Å²) in [6.45, 7) is 3.71. The van der Waals surface area contributed by atoms with Crippen LogP contribution in [0.4, 0.5) is 0 Å². The molecular formula is C19H28N2O2. The third kappa shape index (κ3) is 5.10. The number of ether oxygens (including phenoxy) is 1. The molecule has 1 fully saturated rings. The highest BCUT2D eigenvalue weighted by Crippen LogP contribution is 2.30. The van der Waals surface area contributed by atoms with E-state index < -0.39 is 0 Å². The minimum atomic E-state index is 0.434. The van der Waals surface area contributed by atoms with Crippen molar-refractivity contribution in [1.82, 2.24) is 4.90 Å². The summed E-state index contributed by atoms with van der Waals surface area (Å²) in [5, 5.41) is 4.45. The second kappa shape index (κ2) is 8.73. The van der Waals surface area contributed by atoms with Crippen molar-refractivity contribution in [3.05, 3.63) is 35.4 Å². The zero-order valence-electron chi connectivity index (χ0n) is 14.7. The predicted molar refractivity (Wildman–Crippen MR) is 95.9 cm³/mol. The Balaban J connectivity index is 2.19. The summed E-state index contributed by atoms with van der Waals surface area (Å²) in [5.41, 5.74) is 3.44. The molecule has 126 valence electrons. The molecule has 1 aromatic carbocycles. The van der Waals surface area contributed by atoms with Crippen LogP contribution in [0.25, 0.3) is 6.08 Å². The van der Waals surface area contributed by atoms with Gasteiger partial charge in [-0.3, -0.25) is 0 Å². The summed E-state index contributed by atoms with van der Waals surface area (Å²) < 4.78 is 5.45. The van der Waals surface area contributed by atoms with E-state index >= 15 is 0 Å². The molecule has 0 amide bonds. The lowest BCUT2D eigenvalue weighted by atomic mass is 9.84. The fourth-order valence-corrected chi connectivity index (χ4v) is 2.79. The molecule has 0 saturated heterocycles. The number of nitrogens with zero attached hydrogens (tertiary/aromatic N) is 2. The second-order valence-corrected chi connectivity index (χ2v) is 6.32. The molecule has 0 aliphatic heterocycles. The quantitative estimate of drug-likeness (QED) is 0.591. The first-order chi connectivity index (χ1) is 11.1. The van der Waals surface area contributed by atoms with Gasteiger partial charge in [0.25, 0.3) is 0 Å². The van der Waals surface area contributed by atoms with Gasteiger partial charge in [0.05, 0.1) is 12.8 Å². The van der Waals surface area contributed by atoms with Gasteiger partial charge in [-0.1, -0.05) is 30.3 Å². The van der Waals surface area contributed by atoms with Crippen LogP contribution in [-0.4, -0.2) is 45.0 Å². The van der Waals surface area contributed by atoms with Crippen molar-refractivity contribution < 1.29 is 9.57 Å². The Morgan fingerprint density at radius 1 is 1.30 bits per heavy atom. The molecule has 1 aromatic rings. The van der Waals surface area contributed by atoms with Gasteiger partial charge in [-0.15, -0.1) is 0 Å². The van der Waals surface area contributed by atoms with Gasteiger partial charge < -0.3 is 14.5 Å². The van der Waals surface area contributed by atoms with Gasteiger partial charge in [0.1, 0.15) is 12.4 Å². The number of hydrogen-bond donors (Lipinski definition) is 0. The molecule has 0 N–H and O–H groups in total. The maximum atomic E-state index is 5.55. The molecule has 2 rings (SSSR count). The number of methoxy groups -OCH3 is 1. The SMILES string of the molecule is COc1ccccc1/C=C1\CCCC(C)\C1=N/OCCN(C)C. The third-order valence-electron chi connectivity index (χ3n) is 4.14. The van der Waals surface area contributed by atoms with Gasteiger partial charge >= 0.3 is 0 Å². The van der Waals surface area contributed by atoms with E-state index in [1.807, 2.05) is 32.3 Å². The Bertz CT molecular complexity index is 564. The maximum absolute atomic E-state index is 5.55. The van der Waals surface area contributed by atoms with E-state index in [9.17, 15) is 0 Å². The van der Waals surface area contributed by atoms with E-state index in [1.165, 1.54) is 18.4 Å². The predicted octanol–water partition coefficient (Wildman–Crippen LogP) is 3.83. The fraction of sp³-hybridized carbons (Fsp3) is 0.526. The van der Waals surface area contributed by atoms with Crippen molar-refractivity contribution in [3.8, 4) is 5.75 Å². The Kier molecular flexibility index (Phi) is 6.66. The molecule has 1 atom stereocenters. The lowest BCUT2D eigenvalue weighted by Crippen LogP contribution is -2.21. The van der Waals surface area contributed by atoms with Crippen LogP contribution in [0, 0.1) is 5.92 Å². The van der Waals surface area contributed by atoms with Crippen LogP contribution in [-0.2, 0) is 4.84 Å². The van der Waals surface area contributed by atoms with Gasteiger partial charge in [0, 0.05) is 18.0 Å². The molecule has 0 bridgehead atoms. The van der Waals surface area contributed by atoms with Crippen molar-refractivity contribution in [2.24, 2.45) is 11.1 Å². The minimum Gasteiger partial charge on any atom is -0.496 e. The fourth-order valence-electron chi connectivity index (χ4n) is 2.79. The molecular weight excluding hydrogens is 288 g/mol. The van der Waals surface area contributed by atoms with Crippen LogP contribution >= 0.6 is 0 Å². The van der Waals surface area contributed by atoms with Crippen LogP contribution in [0.3, 0.4) is 0 Å². The average molecular weight is 316 g/mol. The van der Waals surface area contributed by atoms with Crippen LogP contribution in [0.15, 0.2) is 35.0 Å². The standard InChI is InChI=1S/C19H28N2O2/c1-15-8-7-10-17(19(15)20-23-13-12-21(2)3)14-16-9-5-6-11-18(16)22-4/h5-6,9,11,14-15H,7-8,10,12-13H2,1-4H3/b17-14+,20-19+. The largest absolute Gasteiger partial charge is 0.496 e. The molecule has 0 heterocycles. The zero-order valence-corrected chi connectivity index (χ0v) is 14.7. The van der Waals surface area contributed by atoms with Crippen LogP contribution in [0.5, 0.6) is 5.75 Å². The lowest BCUT2D eigenvalue weighted by Gasteiger charge is -2.23. The lowest BCUT2D eigenvalue weighted by molar-refractivity contribution is 0.124. The summed E-state index contributed by atoms with van der Waals surface area (Å²) in [4.78, 5) is 7.65. The summed E-state index contributed by atoms with van der Waals surface area (Å²) >= 11 is 0. The highest BCUT2D eigenvalue weighted by Gasteiger charge is 2.22. The number of benzene rings is 1. The van der Waals surface area contributed by atoms with Crippen molar-refractivity contribution in [1.29, 1.82) is 0 Å². The molecule has 4 heteroatoms. The average Bonchev–Trinajstić information content (AvgIpc) is 2.54. The monoisotopic (exact) mass is 316 g/mol. The summed E-state index contributed by atoms with van der Waals surface area (Å²) in [6, 6.07) is 8.09. The Labute approximate surface area is 139 Å². The molecule has 23 heavy (non-hydrogen) atoms. The Morgan fingerprint density at radius 3 is 2.83 bits per heavy atom. The highest BCUT2D eigenvalue weighted by molar-refractivity contribution is 6.05. The zero-order chi connectivity index (χ0) is 16.7. The summed E-state index contributed by atoms with van der Waals surface area (Å²) in [7, 11) is 5.78. The first-order valence-electron chi connectivity index (χ1n) is 8.30. The van der Waals surface area contributed by atoms with E-state index in [1.54, 1.807) is 7.11 Å². The van der Waals surface area contributed by atoms with Gasteiger partial charge in [0.2, 0.25) is 0 Å². The van der Waals surface area contributed by atoms with E-state index in [4.69, 9.17) is 9.57 Å². The van der Waals surface area contributed by atoms with Gasteiger partial charge in [-0.2, -0.15) is 0 Å². The summed E-state index contributed by atoms with van der Waals surface area (Å²) in [5.74, 6) is 1.33. The maximum Gasteiger partial charge on any atom is 0.129 e. The normalized spacial score (nSPS) is 21.9. The topological polar surface area (TPSA) is 34.1 Å². The van der Waals surface area contributed by atoms with Crippen LogP contribution in [0.1, 0.15) is 31.7 Å². The first-order valence-corrected chi connectivity index (χ1v) is 8.30. The minimum absolute atomic E-state index is 0.434. The number of para-hydroxylation sites is 1. The summed E-state index contributed by atoms with van der Waals surface area (Å²) in [6.07, 6.45) is 5.60. The molecule has 0 aromatic heterocycles. The second-order valence-electron chi connectivity index (χ2n) is 6.32. The van der Waals surface area contributed by atoms with E-state index in [0.29, 0.717) is 12.5 Å². The molecule has 1 aliphatic carbocycles. The highest BCUT2D eigenvalue weighted by atomic mass is 16.6. The number of oxime groups is 1. The van der Waals surface area contributed by atoms with Crippen LogP contribution in [0.2, 0.25) is 0 Å². The smallest absolute Gasteiger partial charge is 0.129 e. The number of allylic oxidation sites excluding steroid dienone is 1. The van der Waals surface area contributed by atoms with Gasteiger partial charge in [-0.05, 0) is 51.1 Å². The number of hydrogen-bond acceptors (Lipinski definition) is 4. The van der Waals surface area contributed by atoms with E-state index in [2.05, 4.69) is 29.1 Å². The Morgan fingerprint density at radius 2 is 2.09 bits per heavy atom. The molecule has 1 saturated carbocycles. The first kappa shape index (κ1) is 17.5. The Hall–Kier alpha value is -1.81. The van der Waals surface area contributed by atoms with E-state index in [-0.39, 0.29) is 0 Å². The van der Waals surface area contributed by atoms with Gasteiger partial charge in [0.15, 0.2) is 0 Å². The van der Waals surface area contributed by atoms with E-state index in [0.717, 1.165) is 30.0 Å². The molecule has 1 aliphatic rings.